The van der Waals surface area contributed by atoms with Crippen LogP contribution < -0.4 is 19.5 Å². The molecule has 0 radical (unpaired) electrons. The molecule has 2 aromatic carbocycles. The van der Waals surface area contributed by atoms with Crippen molar-refractivity contribution in [1.82, 2.24) is 14.8 Å². The van der Waals surface area contributed by atoms with Crippen LogP contribution in [-0.4, -0.2) is 42.0 Å². The number of nitrogens with one attached hydrogen (secondary N) is 1. The minimum atomic E-state index is -0.327. The number of hydrogen-bond acceptors (Lipinski definition) is 6. The quantitative estimate of drug-likeness (QED) is 0.675. The molecule has 3 rings (SSSR count). The van der Waals surface area contributed by atoms with Gasteiger partial charge in [-0.2, -0.15) is 0 Å². The van der Waals surface area contributed by atoms with Crippen LogP contribution in [0.15, 0.2) is 42.7 Å². The normalized spacial score (nSPS) is 10.4. The highest BCUT2D eigenvalue weighted by atomic mass is 16.5. The van der Waals surface area contributed by atoms with Crippen molar-refractivity contribution in [1.29, 1.82) is 0 Å². The van der Waals surface area contributed by atoms with Crippen molar-refractivity contribution in [3.05, 3.63) is 48.3 Å². The number of methoxy groups -OCH3 is 3. The number of nitrogens with zero attached hydrogens (tertiary/aromatic N) is 3. The Balaban J connectivity index is 1.91. The summed E-state index contributed by atoms with van der Waals surface area (Å²) >= 11 is 0. The standard InChI is InChI=1S/C20H22N4O4/c1-5-24-12-21-23-19(24)13-7-6-8-14(11-13)22-20(25)15-9-10-16(26-2)18(28-4)17(15)27-3/h6-12H,5H2,1-4H3,(H,22,25). The predicted molar refractivity (Wildman–Crippen MR) is 105 cm³/mol. The van der Waals surface area contributed by atoms with Crippen molar-refractivity contribution in [3.63, 3.8) is 0 Å². The van der Waals surface area contributed by atoms with E-state index in [1.54, 1.807) is 24.5 Å². The molecule has 0 atom stereocenters. The molecule has 0 saturated heterocycles. The van der Waals surface area contributed by atoms with Gasteiger partial charge in [0.15, 0.2) is 17.3 Å². The Morgan fingerprint density at radius 1 is 1.07 bits per heavy atom. The van der Waals surface area contributed by atoms with Crippen molar-refractivity contribution in [2.75, 3.05) is 26.6 Å². The minimum absolute atomic E-state index is 0.307. The SMILES string of the molecule is CCn1cnnc1-c1cccc(NC(=O)c2ccc(OC)c(OC)c2OC)c1. The van der Waals surface area contributed by atoms with E-state index >= 15 is 0 Å². The summed E-state index contributed by atoms with van der Waals surface area (Å²) < 4.78 is 17.9. The fraction of sp³-hybridized carbons (Fsp3) is 0.250. The highest BCUT2D eigenvalue weighted by molar-refractivity contribution is 6.07. The Morgan fingerprint density at radius 3 is 2.54 bits per heavy atom. The second-order valence-electron chi connectivity index (χ2n) is 5.86. The molecule has 0 fully saturated rings. The molecule has 1 amide bonds. The molecule has 8 heteroatoms. The lowest BCUT2D eigenvalue weighted by molar-refractivity contribution is 0.102. The molecule has 0 spiro atoms. The van der Waals surface area contributed by atoms with Crippen LogP contribution in [0.5, 0.6) is 17.2 Å². The second kappa shape index (κ2) is 8.43. The van der Waals surface area contributed by atoms with Crippen molar-refractivity contribution in [3.8, 4) is 28.6 Å². The number of aryl methyl sites for hydroxylation is 1. The van der Waals surface area contributed by atoms with E-state index in [0.717, 1.165) is 17.9 Å². The van der Waals surface area contributed by atoms with Crippen molar-refractivity contribution in [2.24, 2.45) is 0 Å². The number of rotatable bonds is 7. The molecule has 1 heterocycles. The van der Waals surface area contributed by atoms with Gasteiger partial charge in [-0.1, -0.05) is 12.1 Å². The number of amides is 1. The fourth-order valence-corrected chi connectivity index (χ4v) is 2.92. The van der Waals surface area contributed by atoms with Crippen LogP contribution in [0.25, 0.3) is 11.4 Å². The highest BCUT2D eigenvalue weighted by Gasteiger charge is 2.21. The molecule has 146 valence electrons. The van der Waals surface area contributed by atoms with E-state index in [1.165, 1.54) is 21.3 Å². The van der Waals surface area contributed by atoms with E-state index in [1.807, 2.05) is 29.7 Å². The van der Waals surface area contributed by atoms with Crippen LogP contribution in [0.3, 0.4) is 0 Å². The average molecular weight is 382 g/mol. The van der Waals surface area contributed by atoms with Crippen LogP contribution in [0, 0.1) is 0 Å². The molecule has 3 aromatic rings. The molecule has 0 aliphatic rings. The number of carbonyl (C=O) groups is 1. The van der Waals surface area contributed by atoms with Crippen LogP contribution in [0.4, 0.5) is 5.69 Å². The summed E-state index contributed by atoms with van der Waals surface area (Å²) in [7, 11) is 4.50. The van der Waals surface area contributed by atoms with Gasteiger partial charge in [-0.3, -0.25) is 4.79 Å². The summed E-state index contributed by atoms with van der Waals surface area (Å²) in [6.45, 7) is 2.77. The van der Waals surface area contributed by atoms with Gasteiger partial charge in [-0.05, 0) is 31.2 Å². The van der Waals surface area contributed by atoms with Crippen molar-refractivity contribution >= 4 is 11.6 Å². The molecular weight excluding hydrogens is 360 g/mol. The third-order valence-corrected chi connectivity index (χ3v) is 4.28. The number of ether oxygens (including phenoxy) is 3. The van der Waals surface area contributed by atoms with E-state index in [-0.39, 0.29) is 5.91 Å². The van der Waals surface area contributed by atoms with Crippen LogP contribution in [0.1, 0.15) is 17.3 Å². The summed E-state index contributed by atoms with van der Waals surface area (Å²) in [5.74, 6) is 1.56. The smallest absolute Gasteiger partial charge is 0.259 e. The zero-order valence-electron chi connectivity index (χ0n) is 16.2. The Labute approximate surface area is 163 Å². The van der Waals surface area contributed by atoms with E-state index in [0.29, 0.717) is 28.5 Å². The van der Waals surface area contributed by atoms with Gasteiger partial charge in [0.2, 0.25) is 5.75 Å². The number of aromatic nitrogens is 3. The van der Waals surface area contributed by atoms with E-state index in [2.05, 4.69) is 15.5 Å². The average Bonchev–Trinajstić information content (AvgIpc) is 3.21. The molecule has 1 aromatic heterocycles. The lowest BCUT2D eigenvalue weighted by atomic mass is 10.1. The number of carbonyl (C=O) groups excluding carboxylic acids is 1. The maximum atomic E-state index is 12.9. The summed E-state index contributed by atoms with van der Waals surface area (Å²) in [4.78, 5) is 12.9. The Bertz CT molecular complexity index is 984. The van der Waals surface area contributed by atoms with Gasteiger partial charge < -0.3 is 24.1 Å². The zero-order chi connectivity index (χ0) is 20.1. The van der Waals surface area contributed by atoms with E-state index < -0.39 is 0 Å². The summed E-state index contributed by atoms with van der Waals surface area (Å²) in [5.41, 5.74) is 1.82. The Hall–Kier alpha value is -3.55. The molecule has 28 heavy (non-hydrogen) atoms. The maximum Gasteiger partial charge on any atom is 0.259 e. The monoisotopic (exact) mass is 382 g/mol. The lowest BCUT2D eigenvalue weighted by Crippen LogP contribution is -2.14. The number of benzene rings is 2. The Kier molecular flexibility index (Phi) is 5.78. The topological polar surface area (TPSA) is 87.5 Å². The van der Waals surface area contributed by atoms with Gasteiger partial charge in [-0.15, -0.1) is 10.2 Å². The molecule has 1 N–H and O–H groups in total. The van der Waals surface area contributed by atoms with Gasteiger partial charge in [0.1, 0.15) is 6.33 Å². The summed E-state index contributed by atoms with van der Waals surface area (Å²) in [6, 6.07) is 10.7. The predicted octanol–water partition coefficient (Wildman–Crippen LogP) is 3.24. The summed E-state index contributed by atoms with van der Waals surface area (Å²) in [5, 5.41) is 11.0. The summed E-state index contributed by atoms with van der Waals surface area (Å²) in [6.07, 6.45) is 1.68. The van der Waals surface area contributed by atoms with Gasteiger partial charge >= 0.3 is 0 Å². The molecular formula is C20H22N4O4. The molecule has 8 nitrogen and oxygen atoms in total. The first-order valence-corrected chi connectivity index (χ1v) is 8.71. The number of hydrogen-bond donors (Lipinski definition) is 1. The largest absolute Gasteiger partial charge is 0.493 e. The van der Waals surface area contributed by atoms with Gasteiger partial charge in [0, 0.05) is 17.8 Å². The van der Waals surface area contributed by atoms with Crippen molar-refractivity contribution < 1.29 is 19.0 Å². The zero-order valence-corrected chi connectivity index (χ0v) is 16.2. The molecule has 0 aliphatic carbocycles. The van der Waals surface area contributed by atoms with E-state index in [9.17, 15) is 4.79 Å². The maximum absolute atomic E-state index is 12.9. The highest BCUT2D eigenvalue weighted by Crippen LogP contribution is 2.40. The van der Waals surface area contributed by atoms with Crippen LogP contribution in [0.2, 0.25) is 0 Å². The van der Waals surface area contributed by atoms with E-state index in [4.69, 9.17) is 14.2 Å². The van der Waals surface area contributed by atoms with Crippen molar-refractivity contribution in [2.45, 2.75) is 13.5 Å². The molecule has 0 aliphatic heterocycles. The molecule has 0 bridgehead atoms. The molecule has 0 unspecified atom stereocenters. The molecule has 0 saturated carbocycles. The first-order valence-electron chi connectivity index (χ1n) is 8.71. The first-order chi connectivity index (χ1) is 13.6. The number of anilines is 1. The minimum Gasteiger partial charge on any atom is -0.493 e. The van der Waals surface area contributed by atoms with Gasteiger partial charge in [0.05, 0.1) is 26.9 Å². The van der Waals surface area contributed by atoms with Crippen LogP contribution in [-0.2, 0) is 6.54 Å². The second-order valence-corrected chi connectivity index (χ2v) is 5.86. The van der Waals surface area contributed by atoms with Gasteiger partial charge in [0.25, 0.3) is 5.91 Å². The first kappa shape index (κ1) is 19.2. The van der Waals surface area contributed by atoms with Gasteiger partial charge in [-0.25, -0.2) is 0 Å². The Morgan fingerprint density at radius 2 is 1.86 bits per heavy atom. The third kappa shape index (κ3) is 3.62. The van der Waals surface area contributed by atoms with Crippen LogP contribution >= 0.6 is 0 Å². The third-order valence-electron chi connectivity index (χ3n) is 4.28. The fourth-order valence-electron chi connectivity index (χ4n) is 2.92. The lowest BCUT2D eigenvalue weighted by Gasteiger charge is -2.15.